The molecule has 0 atom stereocenters. The molecular formula is C12H15N3OS2. The predicted molar refractivity (Wildman–Crippen MR) is 76.6 cm³/mol. The molecule has 0 fully saturated rings. The van der Waals surface area contributed by atoms with Crippen molar-refractivity contribution in [3.05, 3.63) is 30.0 Å². The normalized spacial score (nSPS) is 10.3. The van der Waals surface area contributed by atoms with E-state index in [0.29, 0.717) is 6.61 Å². The molecule has 0 aliphatic carbocycles. The lowest BCUT2D eigenvalue weighted by Gasteiger charge is -2.09. The first-order valence-corrected chi connectivity index (χ1v) is 7.66. The number of aromatic nitrogens is 2. The van der Waals surface area contributed by atoms with Gasteiger partial charge in [-0.15, -0.1) is 16.9 Å². The smallest absolute Gasteiger partial charge is 0.136 e. The summed E-state index contributed by atoms with van der Waals surface area (Å²) in [5.41, 5.74) is 0.859. The summed E-state index contributed by atoms with van der Waals surface area (Å²) in [5, 5.41) is 8.29. The Morgan fingerprint density at radius 1 is 1.39 bits per heavy atom. The Labute approximate surface area is 115 Å². The van der Waals surface area contributed by atoms with Crippen LogP contribution in [0, 0.1) is 0 Å². The molecule has 4 nitrogen and oxygen atoms in total. The summed E-state index contributed by atoms with van der Waals surface area (Å²) in [6.45, 7) is 3.35. The maximum atomic E-state index is 5.80. The number of nitrogens with zero attached hydrogens (tertiary/aromatic N) is 2. The number of hydrogen-bond donors (Lipinski definition) is 1. The molecule has 0 saturated carbocycles. The number of anilines is 1. The summed E-state index contributed by atoms with van der Waals surface area (Å²) in [4.78, 5) is 1.13. The number of benzene rings is 1. The molecule has 0 spiro atoms. The highest BCUT2D eigenvalue weighted by Gasteiger charge is 2.09. The molecular weight excluding hydrogens is 266 g/mol. The van der Waals surface area contributed by atoms with Gasteiger partial charge in [0.25, 0.3) is 0 Å². The molecule has 2 aromatic rings. The fourth-order valence-electron chi connectivity index (χ4n) is 1.48. The van der Waals surface area contributed by atoms with Crippen molar-refractivity contribution in [2.75, 3.05) is 18.1 Å². The van der Waals surface area contributed by atoms with Crippen molar-refractivity contribution in [2.45, 2.75) is 18.4 Å². The Morgan fingerprint density at radius 2 is 2.22 bits per heavy atom. The minimum Gasteiger partial charge on any atom is -0.486 e. The second-order valence-corrected chi connectivity index (χ2v) is 5.12. The molecule has 0 unspecified atom stereocenters. The third-order valence-corrected chi connectivity index (χ3v) is 3.83. The molecule has 1 N–H and O–H groups in total. The summed E-state index contributed by atoms with van der Waals surface area (Å²) in [6.07, 6.45) is 2.04. The average Bonchev–Trinajstić information content (AvgIpc) is 2.84. The largest absolute Gasteiger partial charge is 0.486 e. The van der Waals surface area contributed by atoms with Crippen molar-refractivity contribution in [2.24, 2.45) is 0 Å². The maximum absolute atomic E-state index is 5.80. The molecule has 1 heterocycles. The topological polar surface area (TPSA) is 47.0 Å². The standard InChI is InChI=1S/C12H15N3OS2/c1-3-13-12-9(14-15-18-12)8-16-10-6-4-5-7-11(10)17-2/h4-7,13H,3,8H2,1-2H3. The lowest BCUT2D eigenvalue weighted by Crippen LogP contribution is -2.02. The van der Waals surface area contributed by atoms with Crippen LogP contribution in [0.1, 0.15) is 12.6 Å². The van der Waals surface area contributed by atoms with Gasteiger partial charge in [0.1, 0.15) is 23.1 Å². The molecule has 1 aromatic carbocycles. The van der Waals surface area contributed by atoms with Crippen LogP contribution < -0.4 is 10.1 Å². The summed E-state index contributed by atoms with van der Waals surface area (Å²) in [5.74, 6) is 0.889. The van der Waals surface area contributed by atoms with E-state index in [4.69, 9.17) is 4.74 Å². The van der Waals surface area contributed by atoms with Gasteiger partial charge in [-0.05, 0) is 25.3 Å². The van der Waals surface area contributed by atoms with Crippen LogP contribution in [0.15, 0.2) is 29.2 Å². The zero-order chi connectivity index (χ0) is 12.8. The second-order valence-electron chi connectivity index (χ2n) is 3.52. The lowest BCUT2D eigenvalue weighted by molar-refractivity contribution is 0.294. The maximum Gasteiger partial charge on any atom is 0.136 e. The second kappa shape index (κ2) is 6.61. The summed E-state index contributed by atoms with van der Waals surface area (Å²) in [7, 11) is 0. The van der Waals surface area contributed by atoms with E-state index in [2.05, 4.69) is 14.9 Å². The van der Waals surface area contributed by atoms with Crippen molar-refractivity contribution in [1.82, 2.24) is 9.59 Å². The third-order valence-electron chi connectivity index (χ3n) is 2.33. The van der Waals surface area contributed by atoms with Crippen LogP contribution >= 0.6 is 23.3 Å². The molecule has 0 aliphatic heterocycles. The van der Waals surface area contributed by atoms with Crippen LogP contribution in [0.4, 0.5) is 5.00 Å². The molecule has 0 amide bonds. The fraction of sp³-hybridized carbons (Fsp3) is 0.333. The van der Waals surface area contributed by atoms with Gasteiger partial charge in [0.15, 0.2) is 0 Å². The van der Waals surface area contributed by atoms with E-state index in [9.17, 15) is 0 Å². The van der Waals surface area contributed by atoms with E-state index >= 15 is 0 Å². The minimum absolute atomic E-state index is 0.441. The Balaban J connectivity index is 2.04. The van der Waals surface area contributed by atoms with Gasteiger partial charge in [-0.2, -0.15) is 0 Å². The van der Waals surface area contributed by atoms with E-state index in [-0.39, 0.29) is 0 Å². The summed E-state index contributed by atoms with van der Waals surface area (Å²) in [6, 6.07) is 8.00. The highest BCUT2D eigenvalue weighted by Crippen LogP contribution is 2.28. The first-order valence-electron chi connectivity index (χ1n) is 5.66. The van der Waals surface area contributed by atoms with Crippen LogP contribution in [-0.4, -0.2) is 22.4 Å². The third kappa shape index (κ3) is 3.14. The van der Waals surface area contributed by atoms with Crippen molar-refractivity contribution < 1.29 is 4.74 Å². The molecule has 0 aliphatic rings. The van der Waals surface area contributed by atoms with E-state index in [0.717, 1.165) is 27.9 Å². The zero-order valence-electron chi connectivity index (χ0n) is 10.3. The van der Waals surface area contributed by atoms with Crippen LogP contribution in [0.3, 0.4) is 0 Å². The molecule has 0 radical (unpaired) electrons. The lowest BCUT2D eigenvalue weighted by atomic mass is 10.3. The van der Waals surface area contributed by atoms with E-state index < -0.39 is 0 Å². The molecule has 2 rings (SSSR count). The number of hydrogen-bond acceptors (Lipinski definition) is 6. The Bertz CT molecular complexity index is 502. The van der Waals surface area contributed by atoms with Gasteiger partial charge in [-0.1, -0.05) is 16.6 Å². The van der Waals surface area contributed by atoms with Gasteiger partial charge in [0, 0.05) is 23.0 Å². The average molecular weight is 281 g/mol. The zero-order valence-corrected chi connectivity index (χ0v) is 12.0. The quantitative estimate of drug-likeness (QED) is 0.823. The molecule has 18 heavy (non-hydrogen) atoms. The molecule has 96 valence electrons. The number of para-hydroxylation sites is 1. The fourth-order valence-corrected chi connectivity index (χ4v) is 2.66. The van der Waals surface area contributed by atoms with Gasteiger partial charge in [0.2, 0.25) is 0 Å². The predicted octanol–water partition coefficient (Wildman–Crippen LogP) is 3.27. The Kier molecular flexibility index (Phi) is 4.83. The minimum atomic E-state index is 0.441. The van der Waals surface area contributed by atoms with Crippen LogP contribution in [0.5, 0.6) is 5.75 Å². The van der Waals surface area contributed by atoms with Gasteiger partial charge in [-0.3, -0.25) is 0 Å². The first kappa shape index (κ1) is 13.2. The van der Waals surface area contributed by atoms with Crippen molar-refractivity contribution >= 4 is 28.3 Å². The van der Waals surface area contributed by atoms with Gasteiger partial charge >= 0.3 is 0 Å². The molecule has 0 saturated heterocycles. The number of rotatable bonds is 6. The van der Waals surface area contributed by atoms with Gasteiger partial charge in [-0.25, -0.2) is 0 Å². The van der Waals surface area contributed by atoms with E-state index in [1.54, 1.807) is 11.8 Å². The summed E-state index contributed by atoms with van der Waals surface area (Å²) >= 11 is 3.03. The number of ether oxygens (including phenoxy) is 1. The Morgan fingerprint density at radius 3 is 3.00 bits per heavy atom. The summed E-state index contributed by atoms with van der Waals surface area (Å²) < 4.78 is 9.74. The van der Waals surface area contributed by atoms with Crippen LogP contribution in [-0.2, 0) is 6.61 Å². The number of nitrogens with one attached hydrogen (secondary N) is 1. The highest BCUT2D eigenvalue weighted by atomic mass is 32.2. The SMILES string of the molecule is CCNc1snnc1COc1ccccc1SC. The van der Waals surface area contributed by atoms with Crippen molar-refractivity contribution in [3.8, 4) is 5.75 Å². The van der Waals surface area contributed by atoms with Crippen molar-refractivity contribution in [1.29, 1.82) is 0 Å². The van der Waals surface area contributed by atoms with E-state index in [1.807, 2.05) is 37.4 Å². The molecule has 1 aromatic heterocycles. The van der Waals surface area contributed by atoms with Crippen LogP contribution in [0.25, 0.3) is 0 Å². The first-order chi connectivity index (χ1) is 8.85. The van der Waals surface area contributed by atoms with Gasteiger partial charge in [0.05, 0.1) is 0 Å². The highest BCUT2D eigenvalue weighted by molar-refractivity contribution is 7.98. The van der Waals surface area contributed by atoms with E-state index in [1.165, 1.54) is 11.5 Å². The molecule has 6 heteroatoms. The monoisotopic (exact) mass is 281 g/mol. The van der Waals surface area contributed by atoms with Crippen molar-refractivity contribution in [3.63, 3.8) is 0 Å². The number of thioether (sulfide) groups is 1. The van der Waals surface area contributed by atoms with Gasteiger partial charge < -0.3 is 10.1 Å². The Hall–Kier alpha value is -1.27. The van der Waals surface area contributed by atoms with Crippen LogP contribution in [0.2, 0.25) is 0 Å². The molecule has 0 bridgehead atoms.